The Labute approximate surface area is 122 Å². The van der Waals surface area contributed by atoms with E-state index in [2.05, 4.69) is 5.10 Å². The van der Waals surface area contributed by atoms with E-state index < -0.39 is 12.9 Å². The SMILES string of the molecule is CN1N=Cc2ccc(OCc3ccccc3)c(F)c2B1O. The van der Waals surface area contributed by atoms with Crippen LogP contribution in [0, 0.1) is 5.82 Å². The molecule has 0 spiro atoms. The van der Waals surface area contributed by atoms with Crippen molar-refractivity contribution in [1.29, 1.82) is 0 Å². The first kappa shape index (κ1) is 13.6. The third kappa shape index (κ3) is 2.62. The predicted molar refractivity (Wildman–Crippen MR) is 80.1 cm³/mol. The summed E-state index contributed by atoms with van der Waals surface area (Å²) < 4.78 is 20.0. The molecule has 1 aliphatic rings. The van der Waals surface area contributed by atoms with Gasteiger partial charge >= 0.3 is 7.05 Å². The highest BCUT2D eigenvalue weighted by Crippen LogP contribution is 2.20. The molecule has 1 N–H and O–H groups in total. The monoisotopic (exact) mass is 284 g/mol. The van der Waals surface area contributed by atoms with Crippen LogP contribution in [-0.2, 0) is 6.61 Å². The topological polar surface area (TPSA) is 45.1 Å². The Kier molecular flexibility index (Phi) is 3.62. The van der Waals surface area contributed by atoms with Crippen LogP contribution < -0.4 is 10.2 Å². The first-order valence-electron chi connectivity index (χ1n) is 6.61. The van der Waals surface area contributed by atoms with Crippen LogP contribution in [0.15, 0.2) is 47.6 Å². The maximum Gasteiger partial charge on any atom is 0.469 e. The average Bonchev–Trinajstić information content (AvgIpc) is 2.51. The fourth-order valence-electron chi connectivity index (χ4n) is 2.21. The first-order valence-corrected chi connectivity index (χ1v) is 6.61. The third-order valence-corrected chi connectivity index (χ3v) is 3.41. The van der Waals surface area contributed by atoms with Gasteiger partial charge in [0.25, 0.3) is 0 Å². The lowest BCUT2D eigenvalue weighted by atomic mass is 9.69. The van der Waals surface area contributed by atoms with Crippen molar-refractivity contribution < 1.29 is 14.2 Å². The Morgan fingerprint density at radius 2 is 2.00 bits per heavy atom. The predicted octanol–water partition coefficient (Wildman–Crippen LogP) is 1.37. The van der Waals surface area contributed by atoms with Crippen molar-refractivity contribution >= 4 is 18.7 Å². The zero-order valence-corrected chi connectivity index (χ0v) is 11.5. The molecular formula is C15H14BFN2O2. The van der Waals surface area contributed by atoms with E-state index in [-0.39, 0.29) is 17.8 Å². The summed E-state index contributed by atoms with van der Waals surface area (Å²) in [6.07, 6.45) is 1.52. The van der Waals surface area contributed by atoms with E-state index in [1.807, 2.05) is 30.3 Å². The van der Waals surface area contributed by atoms with E-state index >= 15 is 0 Å². The molecule has 0 saturated carbocycles. The first-order chi connectivity index (χ1) is 10.2. The lowest BCUT2D eigenvalue weighted by Crippen LogP contribution is -2.49. The number of hydrogen-bond donors (Lipinski definition) is 1. The fourth-order valence-corrected chi connectivity index (χ4v) is 2.21. The molecule has 21 heavy (non-hydrogen) atoms. The Balaban J connectivity index is 1.86. The van der Waals surface area contributed by atoms with Crippen LogP contribution in [0.5, 0.6) is 5.75 Å². The highest BCUT2D eigenvalue weighted by molar-refractivity contribution is 6.65. The van der Waals surface area contributed by atoms with Gasteiger partial charge in [-0.3, -0.25) is 0 Å². The quantitative estimate of drug-likeness (QED) is 0.866. The Morgan fingerprint density at radius 1 is 1.24 bits per heavy atom. The largest absolute Gasteiger partial charge is 0.486 e. The van der Waals surface area contributed by atoms with Gasteiger partial charge in [-0.15, -0.1) is 0 Å². The minimum Gasteiger partial charge on any atom is -0.486 e. The number of benzene rings is 2. The average molecular weight is 284 g/mol. The highest BCUT2D eigenvalue weighted by Gasteiger charge is 2.31. The molecular weight excluding hydrogens is 270 g/mol. The van der Waals surface area contributed by atoms with E-state index in [4.69, 9.17) is 4.74 Å². The van der Waals surface area contributed by atoms with Crippen molar-refractivity contribution in [1.82, 2.24) is 4.92 Å². The lowest BCUT2D eigenvalue weighted by Gasteiger charge is -2.23. The summed E-state index contributed by atoms with van der Waals surface area (Å²) in [4.78, 5) is 1.30. The van der Waals surface area contributed by atoms with Gasteiger partial charge in [0.2, 0.25) is 0 Å². The van der Waals surface area contributed by atoms with Gasteiger partial charge in [-0.1, -0.05) is 30.3 Å². The summed E-state index contributed by atoms with van der Waals surface area (Å²) in [5.41, 5.74) is 1.71. The van der Waals surface area contributed by atoms with Crippen LogP contribution in [0.25, 0.3) is 0 Å². The zero-order chi connectivity index (χ0) is 14.8. The molecule has 6 heteroatoms. The van der Waals surface area contributed by atoms with Crippen molar-refractivity contribution in [2.24, 2.45) is 5.10 Å². The summed E-state index contributed by atoms with van der Waals surface area (Å²) in [5.74, 6) is -0.422. The maximum absolute atomic E-state index is 14.5. The van der Waals surface area contributed by atoms with E-state index in [9.17, 15) is 9.41 Å². The molecule has 0 aliphatic carbocycles. The van der Waals surface area contributed by atoms with Gasteiger partial charge < -0.3 is 14.7 Å². The Bertz CT molecular complexity index is 679. The number of halogens is 1. The summed E-state index contributed by atoms with van der Waals surface area (Å²) in [6.45, 7) is 0.274. The summed E-state index contributed by atoms with van der Waals surface area (Å²) in [6, 6.07) is 12.8. The molecule has 0 radical (unpaired) electrons. The molecule has 0 amide bonds. The van der Waals surface area contributed by atoms with E-state index in [0.717, 1.165) is 5.56 Å². The summed E-state index contributed by atoms with van der Waals surface area (Å²) in [7, 11) is 0.478. The smallest absolute Gasteiger partial charge is 0.469 e. The van der Waals surface area contributed by atoms with Gasteiger partial charge in [0.15, 0.2) is 11.6 Å². The lowest BCUT2D eigenvalue weighted by molar-refractivity contribution is 0.290. The minimum absolute atomic E-state index is 0.125. The number of hydrazone groups is 1. The molecule has 1 heterocycles. The van der Waals surface area contributed by atoms with Crippen LogP contribution in [0.2, 0.25) is 0 Å². The standard InChI is InChI=1S/C15H14BFN2O2/c1-19-16(20)14-12(9-18-19)7-8-13(15(14)17)21-10-11-5-3-2-4-6-11/h2-9,20H,10H2,1H3. The number of fused-ring (bicyclic) bond motifs is 1. The molecule has 0 aromatic heterocycles. The molecule has 0 saturated heterocycles. The van der Waals surface area contributed by atoms with Crippen molar-refractivity contribution in [3.63, 3.8) is 0 Å². The van der Waals surface area contributed by atoms with E-state index in [1.54, 1.807) is 19.2 Å². The van der Waals surface area contributed by atoms with Crippen LogP contribution in [0.4, 0.5) is 4.39 Å². The molecule has 0 unspecified atom stereocenters. The van der Waals surface area contributed by atoms with Crippen LogP contribution in [0.3, 0.4) is 0 Å². The highest BCUT2D eigenvalue weighted by atomic mass is 19.1. The van der Waals surface area contributed by atoms with Gasteiger partial charge in [-0.05, 0) is 23.3 Å². The van der Waals surface area contributed by atoms with E-state index in [1.165, 1.54) is 11.1 Å². The molecule has 0 atom stereocenters. The molecule has 0 bridgehead atoms. The molecule has 4 nitrogen and oxygen atoms in total. The van der Waals surface area contributed by atoms with Gasteiger partial charge in [0.1, 0.15) is 6.61 Å². The van der Waals surface area contributed by atoms with Gasteiger partial charge in [0, 0.05) is 12.5 Å². The van der Waals surface area contributed by atoms with E-state index in [0.29, 0.717) is 5.56 Å². The van der Waals surface area contributed by atoms with Crippen molar-refractivity contribution in [3.8, 4) is 5.75 Å². The van der Waals surface area contributed by atoms with Gasteiger partial charge in [-0.25, -0.2) is 4.39 Å². The zero-order valence-electron chi connectivity index (χ0n) is 11.5. The van der Waals surface area contributed by atoms with Gasteiger partial charge in [0.05, 0.1) is 6.21 Å². The Morgan fingerprint density at radius 3 is 2.76 bits per heavy atom. The number of nitrogens with zero attached hydrogens (tertiary/aromatic N) is 2. The summed E-state index contributed by atoms with van der Waals surface area (Å²) in [5, 5.41) is 14.0. The molecule has 1 aliphatic heterocycles. The molecule has 2 aromatic rings. The molecule has 2 aromatic carbocycles. The summed E-state index contributed by atoms with van der Waals surface area (Å²) >= 11 is 0. The second kappa shape index (κ2) is 5.57. The second-order valence-electron chi connectivity index (χ2n) is 4.85. The van der Waals surface area contributed by atoms with Crippen LogP contribution in [-0.4, -0.2) is 30.3 Å². The van der Waals surface area contributed by atoms with Crippen molar-refractivity contribution in [2.75, 3.05) is 7.05 Å². The number of rotatable bonds is 3. The number of ether oxygens (including phenoxy) is 1. The molecule has 0 fully saturated rings. The van der Waals surface area contributed by atoms with Crippen LogP contribution in [0.1, 0.15) is 11.1 Å². The van der Waals surface area contributed by atoms with Crippen molar-refractivity contribution in [2.45, 2.75) is 6.61 Å². The fraction of sp³-hybridized carbons (Fsp3) is 0.133. The van der Waals surface area contributed by atoms with Crippen LogP contribution >= 0.6 is 0 Å². The maximum atomic E-state index is 14.5. The molecule has 3 rings (SSSR count). The van der Waals surface area contributed by atoms with Gasteiger partial charge in [-0.2, -0.15) is 5.10 Å². The third-order valence-electron chi connectivity index (χ3n) is 3.41. The Hall–Kier alpha value is -2.34. The molecule has 106 valence electrons. The number of hydrogen-bond acceptors (Lipinski definition) is 4. The normalized spacial score (nSPS) is 13.3. The minimum atomic E-state index is -1.11. The second-order valence-corrected chi connectivity index (χ2v) is 4.85. The van der Waals surface area contributed by atoms with Crippen molar-refractivity contribution in [3.05, 3.63) is 59.4 Å².